The van der Waals surface area contributed by atoms with Crippen LogP contribution in [0.15, 0.2) is 121 Å². The van der Waals surface area contributed by atoms with E-state index in [4.69, 9.17) is 0 Å². The highest BCUT2D eigenvalue weighted by molar-refractivity contribution is 7.95. The fourth-order valence-electron chi connectivity index (χ4n) is 11.2. The summed E-state index contributed by atoms with van der Waals surface area (Å²) >= 11 is 8.24. The minimum absolute atomic E-state index is 1.02. The average Bonchev–Trinajstić information content (AvgIpc) is 4.23. The van der Waals surface area contributed by atoms with E-state index >= 15 is 0 Å². The molecule has 0 aliphatic heterocycles. The molecule has 0 amide bonds. The summed E-state index contributed by atoms with van der Waals surface area (Å²) in [6.07, 6.45) is 31.6. The van der Waals surface area contributed by atoms with E-state index in [1.165, 1.54) is 181 Å². The highest BCUT2D eigenvalue weighted by atomic mass is 32.1. The van der Waals surface area contributed by atoms with Crippen LogP contribution in [0.3, 0.4) is 0 Å². The maximum atomic E-state index is 2.66. The molecule has 0 saturated carbocycles. The van der Waals surface area contributed by atoms with E-state index in [1.54, 1.807) is 41.1 Å². The summed E-state index contributed by atoms with van der Waals surface area (Å²) in [6.45, 7) is 9.36. The Balaban J connectivity index is 1.17. The van der Waals surface area contributed by atoms with Gasteiger partial charge in [-0.25, -0.2) is 0 Å². The molecule has 364 valence electrons. The topological polar surface area (TPSA) is 0 Å². The molecule has 0 aliphatic carbocycles. The van der Waals surface area contributed by atoms with Crippen LogP contribution in [0, 0.1) is 0 Å². The highest BCUT2D eigenvalue weighted by Gasteiger charge is 2.46. The van der Waals surface area contributed by atoms with Crippen molar-refractivity contribution in [1.82, 2.24) is 0 Å². The van der Waals surface area contributed by atoms with Gasteiger partial charge in [0.05, 0.1) is 0 Å². The molecule has 0 unspecified atom stereocenters. The number of aryl methyl sites for hydroxylation is 4. The van der Waals surface area contributed by atoms with Crippen molar-refractivity contribution in [2.75, 3.05) is 0 Å². The lowest BCUT2D eigenvalue weighted by Crippen LogP contribution is -2.32. The van der Waals surface area contributed by atoms with Crippen molar-refractivity contribution in [2.45, 2.75) is 162 Å². The number of fused-ring (bicyclic) bond motifs is 6. The second-order valence-electron chi connectivity index (χ2n) is 19.9. The predicted octanol–water partition coefficient (Wildman–Crippen LogP) is 20.7. The van der Waals surface area contributed by atoms with Crippen LogP contribution in [0.4, 0.5) is 0 Å². The second kappa shape index (κ2) is 25.2. The number of hydrogen-bond acceptors (Lipinski definition) is 4. The van der Waals surface area contributed by atoms with Gasteiger partial charge in [-0.1, -0.05) is 159 Å². The van der Waals surface area contributed by atoms with Crippen LogP contribution in [-0.2, 0) is 31.8 Å². The van der Waals surface area contributed by atoms with E-state index in [2.05, 4.69) is 194 Å². The summed E-state index contributed by atoms with van der Waals surface area (Å²) in [7, 11) is -2.06. The molecule has 4 heterocycles. The smallest absolute Gasteiger partial charge is 0.117 e. The fraction of sp³-hybridized carbons (Fsp3) is 0.385. The first-order chi connectivity index (χ1) is 34.6. The minimum Gasteiger partial charge on any atom is -0.143 e. The van der Waals surface area contributed by atoms with Crippen LogP contribution < -0.4 is 15.9 Å². The Kier molecular flexibility index (Phi) is 18.3. The molecule has 0 saturated heterocycles. The first-order valence-corrected chi connectivity index (χ1v) is 32.5. The van der Waals surface area contributed by atoms with Crippen molar-refractivity contribution in [3.63, 3.8) is 0 Å². The van der Waals surface area contributed by atoms with Crippen LogP contribution in [0.25, 0.3) is 52.5 Å². The first-order valence-electron chi connectivity index (χ1n) is 27.2. The van der Waals surface area contributed by atoms with Gasteiger partial charge in [-0.15, -0.1) is 45.3 Å². The SMILES string of the molecule is CCCCCCc1c(CCCCCC)c2sc(/C=C/c3cc4c(s3)c(CCCCCC)c(CCCCCC)c3sc(C[P+](c5ccccc5)(c5ccccc5)c5ccccc5)cc34)cc2c2ccsc12. The quantitative estimate of drug-likeness (QED) is 0.0356. The third-order valence-electron chi connectivity index (χ3n) is 14.9. The van der Waals surface area contributed by atoms with E-state index in [9.17, 15) is 0 Å². The third-order valence-corrected chi connectivity index (χ3v) is 23.9. The standard InChI is InChI=1S/C65H76PS4/c1-5-9-13-26-36-54-55(37-27-14-10-6-2)63-59(58-42-43-67-62(54)58)44-51(68-63)40-41-52-45-60-61-46-53(70-65(61)57(39-29-16-12-8-4)56(64(60)69-52)38-28-15-11-7-3)47-66(48-30-20-17-21-31-48,49-32-22-18-23-33-49)50-34-24-19-25-35-50/h17-25,30-35,40-46H,5-16,26-29,36-39,47H2,1-4H3/q+1/b41-40+. The van der Waals surface area contributed by atoms with Crippen LogP contribution >= 0.6 is 52.6 Å². The summed E-state index contributed by atoms with van der Waals surface area (Å²) in [5.74, 6) is 0. The van der Waals surface area contributed by atoms with Crippen molar-refractivity contribution < 1.29 is 0 Å². The number of rotatable bonds is 27. The van der Waals surface area contributed by atoms with Crippen LogP contribution in [-0.4, -0.2) is 0 Å². The lowest BCUT2D eigenvalue weighted by molar-refractivity contribution is 0.654. The molecule has 0 atom stereocenters. The molecule has 0 radical (unpaired) electrons. The Labute approximate surface area is 437 Å². The zero-order chi connectivity index (χ0) is 48.1. The molecule has 0 N–H and O–H groups in total. The Morgan fingerprint density at radius 1 is 0.371 bits per heavy atom. The molecular weight excluding hydrogens is 940 g/mol. The summed E-state index contributed by atoms with van der Waals surface area (Å²) < 4.78 is 6.22. The van der Waals surface area contributed by atoms with Crippen molar-refractivity contribution in [1.29, 1.82) is 0 Å². The molecule has 4 aromatic heterocycles. The minimum atomic E-state index is -2.06. The lowest BCUT2D eigenvalue weighted by Gasteiger charge is -2.27. The molecule has 5 heteroatoms. The van der Waals surface area contributed by atoms with Gasteiger partial charge in [0.2, 0.25) is 0 Å². The van der Waals surface area contributed by atoms with Crippen molar-refractivity contribution in [3.8, 4) is 0 Å². The summed E-state index contributed by atoms with van der Waals surface area (Å²) in [4.78, 5) is 4.29. The average molecular weight is 1020 g/mol. The number of hydrogen-bond donors (Lipinski definition) is 0. The molecule has 0 spiro atoms. The molecule has 0 fully saturated rings. The number of unbranched alkanes of at least 4 members (excludes halogenated alkanes) is 12. The van der Waals surface area contributed by atoms with Gasteiger partial charge in [-0.2, -0.15) is 0 Å². The van der Waals surface area contributed by atoms with E-state index in [0.29, 0.717) is 0 Å². The van der Waals surface area contributed by atoms with E-state index in [-0.39, 0.29) is 0 Å². The summed E-state index contributed by atoms with van der Waals surface area (Å²) in [5, 5.41) is 12.7. The van der Waals surface area contributed by atoms with Crippen LogP contribution in [0.2, 0.25) is 0 Å². The predicted molar refractivity (Wildman–Crippen MR) is 324 cm³/mol. The molecule has 70 heavy (non-hydrogen) atoms. The summed E-state index contributed by atoms with van der Waals surface area (Å²) in [5.41, 5.74) is 6.65. The lowest BCUT2D eigenvalue weighted by atomic mass is 9.93. The zero-order valence-corrected chi connectivity index (χ0v) is 46.8. The summed E-state index contributed by atoms with van der Waals surface area (Å²) in [6, 6.07) is 44.7. The van der Waals surface area contributed by atoms with Crippen molar-refractivity contribution in [2.24, 2.45) is 0 Å². The Morgan fingerprint density at radius 2 is 0.743 bits per heavy atom. The molecule has 0 nitrogen and oxygen atoms in total. The maximum absolute atomic E-state index is 2.66. The van der Waals surface area contributed by atoms with Crippen molar-refractivity contribution >= 4 is 121 Å². The van der Waals surface area contributed by atoms with Gasteiger partial charge in [0.1, 0.15) is 29.3 Å². The van der Waals surface area contributed by atoms with E-state index in [1.807, 2.05) is 11.3 Å². The first kappa shape index (κ1) is 51.0. The Bertz CT molecular complexity index is 2970. The van der Waals surface area contributed by atoms with Gasteiger partial charge in [-0.3, -0.25) is 0 Å². The fourth-order valence-corrected chi connectivity index (χ4v) is 20.5. The largest absolute Gasteiger partial charge is 0.143 e. The van der Waals surface area contributed by atoms with Gasteiger partial charge in [0, 0.05) is 55.0 Å². The van der Waals surface area contributed by atoms with Crippen LogP contribution in [0.1, 0.15) is 167 Å². The Morgan fingerprint density at radius 3 is 1.16 bits per heavy atom. The van der Waals surface area contributed by atoms with Gasteiger partial charge in [0.25, 0.3) is 0 Å². The Hall–Kier alpha value is -3.89. The third kappa shape index (κ3) is 11.3. The van der Waals surface area contributed by atoms with E-state index in [0.717, 1.165) is 6.16 Å². The molecule has 0 bridgehead atoms. The molecule has 0 aliphatic rings. The molecule has 5 aromatic carbocycles. The molecule has 9 aromatic rings. The molecular formula is C65H76PS4+. The number of benzene rings is 5. The zero-order valence-electron chi connectivity index (χ0n) is 42.6. The van der Waals surface area contributed by atoms with Crippen molar-refractivity contribution in [3.05, 3.63) is 158 Å². The molecule has 9 rings (SSSR count). The van der Waals surface area contributed by atoms with Gasteiger partial charge in [0.15, 0.2) is 0 Å². The monoisotopic (exact) mass is 1020 g/mol. The van der Waals surface area contributed by atoms with Gasteiger partial charge >= 0.3 is 0 Å². The van der Waals surface area contributed by atoms with Gasteiger partial charge < -0.3 is 0 Å². The second-order valence-corrected chi connectivity index (χ2v) is 27.6. The van der Waals surface area contributed by atoms with Gasteiger partial charge in [-0.05, 0) is 152 Å². The highest BCUT2D eigenvalue weighted by Crippen LogP contribution is 2.59. The normalized spacial score (nSPS) is 12.3. The van der Waals surface area contributed by atoms with Crippen LogP contribution in [0.5, 0.6) is 0 Å². The maximum Gasteiger partial charge on any atom is 0.117 e. The van der Waals surface area contributed by atoms with E-state index < -0.39 is 7.26 Å². The number of thiophene rings is 4.